The number of nitrogens with zero attached hydrogens (tertiary/aromatic N) is 2. The molecule has 108 valence electrons. The average Bonchev–Trinajstić information content (AvgIpc) is 3.11. The summed E-state index contributed by atoms with van der Waals surface area (Å²) in [6.45, 7) is 4.32. The molecule has 1 atom stereocenters. The van der Waals surface area contributed by atoms with Crippen LogP contribution in [0.4, 0.5) is 0 Å². The highest BCUT2D eigenvalue weighted by molar-refractivity contribution is 6.30. The van der Waals surface area contributed by atoms with Crippen LogP contribution in [0.5, 0.6) is 0 Å². The van der Waals surface area contributed by atoms with Gasteiger partial charge in [0, 0.05) is 29.7 Å². The maximum Gasteiger partial charge on any atom is 0.254 e. The number of rotatable bonds is 3. The van der Waals surface area contributed by atoms with Gasteiger partial charge in [0.05, 0.1) is 0 Å². The van der Waals surface area contributed by atoms with Crippen molar-refractivity contribution in [2.75, 3.05) is 26.2 Å². The van der Waals surface area contributed by atoms with Gasteiger partial charge >= 0.3 is 0 Å². The van der Waals surface area contributed by atoms with Gasteiger partial charge in [0.2, 0.25) is 0 Å². The number of hydrogen-bond donors (Lipinski definition) is 0. The Morgan fingerprint density at radius 3 is 2.50 bits per heavy atom. The van der Waals surface area contributed by atoms with Gasteiger partial charge in [-0.1, -0.05) is 11.6 Å². The second-order valence-electron chi connectivity index (χ2n) is 5.81. The van der Waals surface area contributed by atoms with E-state index in [1.165, 1.54) is 25.9 Å². The predicted octanol–water partition coefficient (Wildman–Crippen LogP) is 3.04. The number of likely N-dealkylation sites (tertiary alicyclic amines) is 2. The van der Waals surface area contributed by atoms with Crippen molar-refractivity contribution in [2.24, 2.45) is 0 Å². The second-order valence-corrected chi connectivity index (χ2v) is 6.25. The minimum Gasteiger partial charge on any atom is -0.334 e. The summed E-state index contributed by atoms with van der Waals surface area (Å²) in [4.78, 5) is 17.2. The Bertz CT molecular complexity index is 468. The highest BCUT2D eigenvalue weighted by Gasteiger charge is 2.31. The van der Waals surface area contributed by atoms with E-state index in [-0.39, 0.29) is 5.91 Å². The van der Waals surface area contributed by atoms with Gasteiger partial charge in [0.1, 0.15) is 0 Å². The first-order chi connectivity index (χ1) is 9.74. The summed E-state index contributed by atoms with van der Waals surface area (Å²) < 4.78 is 0. The maximum absolute atomic E-state index is 12.6. The van der Waals surface area contributed by atoms with Gasteiger partial charge < -0.3 is 9.80 Å². The number of carbonyl (C=O) groups excluding carboxylic acids is 1. The van der Waals surface area contributed by atoms with Crippen molar-refractivity contribution < 1.29 is 4.79 Å². The standard InChI is InChI=1S/C16H21ClN2O/c17-14-7-5-13(6-8-14)16(20)19-11-3-4-15(19)12-18-9-1-2-10-18/h5-8,15H,1-4,9-12H2/t15-/m0/s1. The Balaban J connectivity index is 1.67. The molecule has 2 aliphatic heterocycles. The van der Waals surface area contributed by atoms with Crippen molar-refractivity contribution in [3.63, 3.8) is 0 Å². The average molecular weight is 293 g/mol. The Morgan fingerprint density at radius 2 is 1.80 bits per heavy atom. The Morgan fingerprint density at radius 1 is 1.10 bits per heavy atom. The molecule has 0 saturated carbocycles. The zero-order valence-corrected chi connectivity index (χ0v) is 12.5. The van der Waals surface area contributed by atoms with Crippen molar-refractivity contribution in [3.8, 4) is 0 Å². The van der Waals surface area contributed by atoms with E-state index in [2.05, 4.69) is 9.80 Å². The van der Waals surface area contributed by atoms with Crippen LogP contribution in [-0.4, -0.2) is 47.9 Å². The number of halogens is 1. The first-order valence-corrected chi connectivity index (χ1v) is 7.91. The molecule has 3 rings (SSSR count). The van der Waals surface area contributed by atoms with E-state index in [9.17, 15) is 4.79 Å². The van der Waals surface area contributed by atoms with E-state index in [0.29, 0.717) is 11.1 Å². The SMILES string of the molecule is O=C(c1ccc(Cl)cc1)N1CCC[C@H]1CN1CCCC1. The van der Waals surface area contributed by atoms with Gasteiger partial charge in [-0.25, -0.2) is 0 Å². The van der Waals surface area contributed by atoms with E-state index in [1.807, 2.05) is 12.1 Å². The van der Waals surface area contributed by atoms with Crippen LogP contribution in [0.1, 0.15) is 36.0 Å². The van der Waals surface area contributed by atoms with Gasteiger partial charge in [0.25, 0.3) is 5.91 Å². The molecular formula is C16H21ClN2O. The topological polar surface area (TPSA) is 23.6 Å². The lowest BCUT2D eigenvalue weighted by Gasteiger charge is -2.28. The predicted molar refractivity (Wildman–Crippen MR) is 81.2 cm³/mol. The molecule has 20 heavy (non-hydrogen) atoms. The minimum atomic E-state index is 0.156. The Hall–Kier alpha value is -1.06. The summed E-state index contributed by atoms with van der Waals surface area (Å²) in [6, 6.07) is 7.63. The number of amides is 1. The third-order valence-electron chi connectivity index (χ3n) is 4.40. The molecule has 0 bridgehead atoms. The summed E-state index contributed by atoms with van der Waals surface area (Å²) in [5, 5.41) is 0.677. The fraction of sp³-hybridized carbons (Fsp3) is 0.562. The first-order valence-electron chi connectivity index (χ1n) is 7.53. The quantitative estimate of drug-likeness (QED) is 0.855. The lowest BCUT2D eigenvalue weighted by Crippen LogP contribution is -2.42. The summed E-state index contributed by atoms with van der Waals surface area (Å²) in [6.07, 6.45) is 4.86. The van der Waals surface area contributed by atoms with E-state index >= 15 is 0 Å². The smallest absolute Gasteiger partial charge is 0.254 e. The van der Waals surface area contributed by atoms with Crippen molar-refractivity contribution in [2.45, 2.75) is 31.7 Å². The molecule has 1 aromatic carbocycles. The zero-order chi connectivity index (χ0) is 13.9. The molecule has 2 fully saturated rings. The summed E-state index contributed by atoms with van der Waals surface area (Å²) in [5.74, 6) is 0.156. The molecule has 1 amide bonds. The zero-order valence-electron chi connectivity index (χ0n) is 11.7. The van der Waals surface area contributed by atoms with Crippen LogP contribution in [0.2, 0.25) is 5.02 Å². The molecule has 0 spiro atoms. The van der Waals surface area contributed by atoms with Crippen LogP contribution in [0.25, 0.3) is 0 Å². The van der Waals surface area contributed by atoms with Gasteiger partial charge in [-0.05, 0) is 63.0 Å². The van der Waals surface area contributed by atoms with Crippen LogP contribution in [0.3, 0.4) is 0 Å². The van der Waals surface area contributed by atoms with Crippen molar-refractivity contribution in [3.05, 3.63) is 34.9 Å². The number of hydrogen-bond acceptors (Lipinski definition) is 2. The largest absolute Gasteiger partial charge is 0.334 e. The minimum absolute atomic E-state index is 0.156. The summed E-state index contributed by atoms with van der Waals surface area (Å²) in [5.41, 5.74) is 0.753. The highest BCUT2D eigenvalue weighted by Crippen LogP contribution is 2.23. The molecule has 2 saturated heterocycles. The Kier molecular flexibility index (Phi) is 4.27. The molecule has 0 N–H and O–H groups in total. The second kappa shape index (κ2) is 6.15. The van der Waals surface area contributed by atoms with Gasteiger partial charge in [-0.3, -0.25) is 4.79 Å². The molecule has 1 aromatic rings. The van der Waals surface area contributed by atoms with Crippen molar-refractivity contribution >= 4 is 17.5 Å². The van der Waals surface area contributed by atoms with Crippen LogP contribution in [-0.2, 0) is 0 Å². The number of carbonyl (C=O) groups is 1. The third kappa shape index (κ3) is 2.99. The van der Waals surface area contributed by atoms with E-state index in [1.54, 1.807) is 12.1 Å². The third-order valence-corrected chi connectivity index (χ3v) is 4.65. The van der Waals surface area contributed by atoms with Crippen molar-refractivity contribution in [1.82, 2.24) is 9.80 Å². The van der Waals surface area contributed by atoms with Crippen LogP contribution in [0, 0.1) is 0 Å². The van der Waals surface area contributed by atoms with Gasteiger partial charge in [-0.2, -0.15) is 0 Å². The fourth-order valence-corrected chi connectivity index (χ4v) is 3.44. The molecule has 3 nitrogen and oxygen atoms in total. The van der Waals surface area contributed by atoms with Gasteiger partial charge in [0.15, 0.2) is 0 Å². The fourth-order valence-electron chi connectivity index (χ4n) is 3.31. The maximum atomic E-state index is 12.6. The summed E-state index contributed by atoms with van der Waals surface area (Å²) >= 11 is 5.89. The molecule has 0 aliphatic carbocycles. The lowest BCUT2D eigenvalue weighted by molar-refractivity contribution is 0.0709. The highest BCUT2D eigenvalue weighted by atomic mass is 35.5. The molecule has 4 heteroatoms. The molecule has 2 heterocycles. The van der Waals surface area contributed by atoms with E-state index in [0.717, 1.165) is 31.5 Å². The van der Waals surface area contributed by atoms with Crippen LogP contribution >= 0.6 is 11.6 Å². The van der Waals surface area contributed by atoms with Gasteiger partial charge in [-0.15, -0.1) is 0 Å². The normalized spacial score (nSPS) is 23.4. The van der Waals surface area contributed by atoms with E-state index in [4.69, 9.17) is 11.6 Å². The van der Waals surface area contributed by atoms with Crippen LogP contribution < -0.4 is 0 Å². The first kappa shape index (κ1) is 13.9. The number of benzene rings is 1. The van der Waals surface area contributed by atoms with Crippen molar-refractivity contribution in [1.29, 1.82) is 0 Å². The van der Waals surface area contributed by atoms with E-state index < -0.39 is 0 Å². The molecule has 0 aromatic heterocycles. The lowest BCUT2D eigenvalue weighted by atomic mass is 10.1. The monoisotopic (exact) mass is 292 g/mol. The summed E-state index contributed by atoms with van der Waals surface area (Å²) in [7, 11) is 0. The molecule has 2 aliphatic rings. The van der Waals surface area contributed by atoms with Crippen LogP contribution in [0.15, 0.2) is 24.3 Å². The molecular weight excluding hydrogens is 272 g/mol. The molecule has 0 unspecified atom stereocenters. The Labute approximate surface area is 125 Å². The molecule has 0 radical (unpaired) electrons.